The van der Waals surface area contributed by atoms with Crippen LogP contribution in [0.15, 0.2) is 48.8 Å². The second-order valence-electron chi connectivity index (χ2n) is 3.66. The van der Waals surface area contributed by atoms with E-state index < -0.39 is 6.10 Å². The van der Waals surface area contributed by atoms with Crippen LogP contribution in [-0.2, 0) is 0 Å². The van der Waals surface area contributed by atoms with Crippen LogP contribution in [0, 0.1) is 5.82 Å². The van der Waals surface area contributed by atoms with Gasteiger partial charge in [-0.3, -0.25) is 4.98 Å². The Morgan fingerprint density at radius 2 is 1.88 bits per heavy atom. The molecule has 0 saturated heterocycles. The van der Waals surface area contributed by atoms with Gasteiger partial charge in [0, 0.05) is 18.9 Å². The van der Waals surface area contributed by atoms with Crippen LogP contribution in [0.4, 0.5) is 10.1 Å². The van der Waals surface area contributed by atoms with Gasteiger partial charge in [0.05, 0.1) is 11.8 Å². The minimum absolute atomic E-state index is 0.255. The van der Waals surface area contributed by atoms with E-state index in [4.69, 9.17) is 0 Å². The van der Waals surface area contributed by atoms with E-state index in [1.165, 1.54) is 6.07 Å². The molecule has 1 atom stereocenters. The summed E-state index contributed by atoms with van der Waals surface area (Å²) in [5, 5.41) is 12.7. The maximum Gasteiger partial charge on any atom is 0.146 e. The van der Waals surface area contributed by atoms with E-state index in [2.05, 4.69) is 10.3 Å². The number of aromatic nitrogens is 1. The largest absolute Gasteiger partial charge is 0.387 e. The summed E-state index contributed by atoms with van der Waals surface area (Å²) < 4.78 is 13.3. The quantitative estimate of drug-likeness (QED) is 0.850. The van der Waals surface area contributed by atoms with E-state index in [0.717, 1.165) is 5.56 Å². The van der Waals surface area contributed by atoms with E-state index in [9.17, 15) is 9.50 Å². The molecule has 0 fully saturated rings. The molecular formula is C13H13FN2O. The number of aliphatic hydroxyl groups is 1. The molecule has 0 radical (unpaired) electrons. The molecule has 88 valence electrons. The van der Waals surface area contributed by atoms with Crippen LogP contribution in [0.25, 0.3) is 0 Å². The molecule has 2 N–H and O–H groups in total. The number of para-hydroxylation sites is 1. The molecule has 1 aromatic carbocycles. The maximum absolute atomic E-state index is 13.3. The minimum atomic E-state index is -0.683. The second kappa shape index (κ2) is 5.41. The topological polar surface area (TPSA) is 45.1 Å². The molecule has 0 saturated carbocycles. The molecule has 0 bridgehead atoms. The number of anilines is 1. The molecule has 0 aliphatic carbocycles. The lowest BCUT2D eigenvalue weighted by molar-refractivity contribution is 0.191. The smallest absolute Gasteiger partial charge is 0.146 e. The van der Waals surface area contributed by atoms with Gasteiger partial charge < -0.3 is 10.4 Å². The van der Waals surface area contributed by atoms with Crippen molar-refractivity contribution in [2.24, 2.45) is 0 Å². The van der Waals surface area contributed by atoms with Gasteiger partial charge in [-0.1, -0.05) is 12.1 Å². The van der Waals surface area contributed by atoms with Crippen molar-refractivity contribution in [2.75, 3.05) is 11.9 Å². The number of aliphatic hydroxyl groups excluding tert-OH is 1. The number of hydrogen-bond acceptors (Lipinski definition) is 3. The van der Waals surface area contributed by atoms with Gasteiger partial charge in [-0.05, 0) is 29.8 Å². The number of nitrogens with zero attached hydrogens (tertiary/aromatic N) is 1. The van der Waals surface area contributed by atoms with Crippen molar-refractivity contribution in [3.63, 3.8) is 0 Å². The van der Waals surface area contributed by atoms with Crippen LogP contribution < -0.4 is 5.32 Å². The Kier molecular flexibility index (Phi) is 3.67. The number of rotatable bonds is 4. The molecule has 0 amide bonds. The maximum atomic E-state index is 13.3. The molecule has 4 heteroatoms. The van der Waals surface area contributed by atoms with E-state index in [1.807, 2.05) is 0 Å². The SMILES string of the molecule is OC(CNc1ccccc1F)c1ccncc1. The molecule has 17 heavy (non-hydrogen) atoms. The number of halogens is 1. The lowest BCUT2D eigenvalue weighted by Gasteiger charge is -2.13. The number of benzene rings is 1. The van der Waals surface area contributed by atoms with E-state index in [-0.39, 0.29) is 12.4 Å². The summed E-state index contributed by atoms with van der Waals surface area (Å²) in [6, 6.07) is 9.83. The van der Waals surface area contributed by atoms with Gasteiger partial charge in [0.2, 0.25) is 0 Å². The molecular weight excluding hydrogens is 219 g/mol. The molecule has 3 nitrogen and oxygen atoms in total. The lowest BCUT2D eigenvalue weighted by atomic mass is 10.1. The van der Waals surface area contributed by atoms with Gasteiger partial charge in [0.15, 0.2) is 0 Å². The zero-order valence-corrected chi connectivity index (χ0v) is 9.18. The summed E-state index contributed by atoms with van der Waals surface area (Å²) in [7, 11) is 0. The normalized spacial score (nSPS) is 12.1. The molecule has 2 aromatic rings. The highest BCUT2D eigenvalue weighted by Gasteiger charge is 2.07. The van der Waals surface area contributed by atoms with Crippen LogP contribution in [0.1, 0.15) is 11.7 Å². The second-order valence-corrected chi connectivity index (χ2v) is 3.66. The van der Waals surface area contributed by atoms with Gasteiger partial charge in [0.25, 0.3) is 0 Å². The van der Waals surface area contributed by atoms with Crippen molar-refractivity contribution in [1.29, 1.82) is 0 Å². The number of hydrogen-bond donors (Lipinski definition) is 2. The van der Waals surface area contributed by atoms with E-state index in [0.29, 0.717) is 5.69 Å². The zero-order chi connectivity index (χ0) is 12.1. The summed E-state index contributed by atoms with van der Waals surface area (Å²) in [6.45, 7) is 0.255. The van der Waals surface area contributed by atoms with Crippen LogP contribution in [0.3, 0.4) is 0 Å². The predicted molar refractivity (Wildman–Crippen MR) is 64.1 cm³/mol. The standard InChI is InChI=1S/C13H13FN2O/c14-11-3-1-2-4-12(11)16-9-13(17)10-5-7-15-8-6-10/h1-8,13,16-17H,9H2. The highest BCUT2D eigenvalue weighted by molar-refractivity contribution is 5.44. The highest BCUT2D eigenvalue weighted by atomic mass is 19.1. The fourth-order valence-corrected chi connectivity index (χ4v) is 1.51. The summed E-state index contributed by atoms with van der Waals surface area (Å²) >= 11 is 0. The fraction of sp³-hybridized carbons (Fsp3) is 0.154. The molecule has 0 spiro atoms. The summed E-state index contributed by atoms with van der Waals surface area (Å²) in [5.74, 6) is -0.325. The Bertz CT molecular complexity index is 476. The molecule has 0 aliphatic rings. The Hall–Kier alpha value is -1.94. The fourth-order valence-electron chi connectivity index (χ4n) is 1.51. The summed E-state index contributed by atoms with van der Waals surface area (Å²) in [5.41, 5.74) is 1.14. The van der Waals surface area contributed by atoms with Crippen LogP contribution in [0.5, 0.6) is 0 Å². The van der Waals surface area contributed by atoms with Gasteiger partial charge in [-0.2, -0.15) is 0 Å². The first-order valence-electron chi connectivity index (χ1n) is 5.34. The van der Waals surface area contributed by atoms with Crippen LogP contribution in [-0.4, -0.2) is 16.6 Å². The zero-order valence-electron chi connectivity index (χ0n) is 9.18. The summed E-state index contributed by atoms with van der Waals surface area (Å²) in [4.78, 5) is 3.87. The molecule has 1 unspecified atom stereocenters. The Morgan fingerprint density at radius 1 is 1.18 bits per heavy atom. The average Bonchev–Trinajstić information content (AvgIpc) is 2.38. The Balaban J connectivity index is 1.97. The van der Waals surface area contributed by atoms with E-state index >= 15 is 0 Å². The van der Waals surface area contributed by atoms with Crippen LogP contribution >= 0.6 is 0 Å². The molecule has 1 heterocycles. The first-order chi connectivity index (χ1) is 8.27. The molecule has 0 aliphatic heterocycles. The van der Waals surface area contributed by atoms with Crippen molar-refractivity contribution in [1.82, 2.24) is 4.98 Å². The Labute approximate surface area is 98.9 Å². The monoisotopic (exact) mass is 232 g/mol. The van der Waals surface area contributed by atoms with Crippen molar-refractivity contribution < 1.29 is 9.50 Å². The lowest BCUT2D eigenvalue weighted by Crippen LogP contribution is -2.12. The van der Waals surface area contributed by atoms with Crippen molar-refractivity contribution in [3.8, 4) is 0 Å². The predicted octanol–water partition coefficient (Wildman–Crippen LogP) is 2.37. The third-order valence-electron chi connectivity index (χ3n) is 2.45. The average molecular weight is 232 g/mol. The molecule has 1 aromatic heterocycles. The van der Waals surface area contributed by atoms with Crippen molar-refractivity contribution >= 4 is 5.69 Å². The van der Waals surface area contributed by atoms with Gasteiger partial charge >= 0.3 is 0 Å². The van der Waals surface area contributed by atoms with Crippen molar-refractivity contribution in [3.05, 3.63) is 60.2 Å². The highest BCUT2D eigenvalue weighted by Crippen LogP contribution is 2.16. The third kappa shape index (κ3) is 3.01. The van der Waals surface area contributed by atoms with Gasteiger partial charge in [0.1, 0.15) is 5.82 Å². The molecule has 2 rings (SSSR count). The Morgan fingerprint density at radius 3 is 2.59 bits per heavy atom. The van der Waals surface area contributed by atoms with Crippen molar-refractivity contribution in [2.45, 2.75) is 6.10 Å². The van der Waals surface area contributed by atoms with E-state index in [1.54, 1.807) is 42.7 Å². The van der Waals surface area contributed by atoms with Gasteiger partial charge in [-0.15, -0.1) is 0 Å². The number of nitrogens with one attached hydrogen (secondary N) is 1. The number of pyridine rings is 1. The first-order valence-corrected chi connectivity index (χ1v) is 5.34. The van der Waals surface area contributed by atoms with Gasteiger partial charge in [-0.25, -0.2) is 4.39 Å². The summed E-state index contributed by atoms with van der Waals surface area (Å²) in [6.07, 6.45) is 2.54. The third-order valence-corrected chi connectivity index (χ3v) is 2.45. The first kappa shape index (κ1) is 11.5. The minimum Gasteiger partial charge on any atom is -0.387 e. The van der Waals surface area contributed by atoms with Crippen LogP contribution in [0.2, 0.25) is 0 Å².